The molecular formula is C14H14F3NO. The third-order valence-electron chi connectivity index (χ3n) is 2.84. The predicted molar refractivity (Wildman–Crippen MR) is 66.6 cm³/mol. The van der Waals surface area contributed by atoms with Crippen molar-refractivity contribution in [1.29, 1.82) is 0 Å². The highest BCUT2D eigenvalue weighted by molar-refractivity contribution is 5.57. The Morgan fingerprint density at radius 1 is 1.11 bits per heavy atom. The summed E-state index contributed by atoms with van der Waals surface area (Å²) in [5, 5.41) is 0. The van der Waals surface area contributed by atoms with Gasteiger partial charge in [-0.05, 0) is 19.1 Å². The maximum absolute atomic E-state index is 12.3. The van der Waals surface area contributed by atoms with Crippen LogP contribution in [0.1, 0.15) is 11.3 Å². The lowest BCUT2D eigenvalue weighted by Gasteiger charge is -2.13. The van der Waals surface area contributed by atoms with Crippen LogP contribution >= 0.6 is 0 Å². The molecule has 102 valence electrons. The van der Waals surface area contributed by atoms with Gasteiger partial charge in [0.1, 0.15) is 17.6 Å². The van der Waals surface area contributed by atoms with Gasteiger partial charge < -0.3 is 10.2 Å². The molecule has 1 unspecified atom stereocenters. The van der Waals surface area contributed by atoms with E-state index in [9.17, 15) is 13.2 Å². The molecule has 2 rings (SSSR count). The number of rotatable bonds is 3. The summed E-state index contributed by atoms with van der Waals surface area (Å²) in [6, 6.07) is 8.84. The first-order valence-electron chi connectivity index (χ1n) is 5.84. The van der Waals surface area contributed by atoms with Crippen molar-refractivity contribution in [2.45, 2.75) is 25.6 Å². The lowest BCUT2D eigenvalue weighted by molar-refractivity contribution is -0.147. The van der Waals surface area contributed by atoms with Crippen LogP contribution in [-0.4, -0.2) is 12.2 Å². The molecule has 0 aliphatic rings. The Morgan fingerprint density at radius 2 is 1.74 bits per heavy atom. The summed E-state index contributed by atoms with van der Waals surface area (Å²) < 4.78 is 42.4. The van der Waals surface area contributed by atoms with E-state index in [0.717, 1.165) is 11.1 Å². The van der Waals surface area contributed by atoms with Crippen LogP contribution in [0.2, 0.25) is 0 Å². The molecule has 1 aromatic carbocycles. The molecule has 2 aromatic rings. The molecule has 0 bridgehead atoms. The summed E-state index contributed by atoms with van der Waals surface area (Å²) in [7, 11) is 0. The molecule has 0 fully saturated rings. The lowest BCUT2D eigenvalue weighted by Crippen LogP contribution is -2.38. The van der Waals surface area contributed by atoms with Gasteiger partial charge in [-0.2, -0.15) is 13.2 Å². The topological polar surface area (TPSA) is 39.2 Å². The first-order valence-corrected chi connectivity index (χ1v) is 5.84. The van der Waals surface area contributed by atoms with E-state index >= 15 is 0 Å². The zero-order valence-corrected chi connectivity index (χ0v) is 10.4. The van der Waals surface area contributed by atoms with E-state index in [1.54, 1.807) is 6.07 Å². The third kappa shape index (κ3) is 3.38. The minimum Gasteiger partial charge on any atom is -0.461 e. The lowest BCUT2D eigenvalue weighted by atomic mass is 10.1. The number of aryl methyl sites for hydroxylation is 1. The number of alkyl halides is 3. The number of nitrogens with two attached hydrogens (primary N) is 1. The minimum absolute atomic E-state index is 0.236. The molecule has 0 aliphatic carbocycles. The maximum atomic E-state index is 12.3. The van der Waals surface area contributed by atoms with Crippen LogP contribution in [0, 0.1) is 6.92 Å². The van der Waals surface area contributed by atoms with E-state index in [1.165, 1.54) is 6.07 Å². The third-order valence-corrected chi connectivity index (χ3v) is 2.84. The van der Waals surface area contributed by atoms with Crippen molar-refractivity contribution in [1.82, 2.24) is 0 Å². The van der Waals surface area contributed by atoms with E-state index in [1.807, 2.05) is 31.2 Å². The van der Waals surface area contributed by atoms with Crippen molar-refractivity contribution < 1.29 is 17.6 Å². The Labute approximate surface area is 109 Å². The second-order valence-corrected chi connectivity index (χ2v) is 4.48. The van der Waals surface area contributed by atoms with E-state index in [4.69, 9.17) is 10.2 Å². The Kier molecular flexibility index (Phi) is 3.66. The summed E-state index contributed by atoms with van der Waals surface area (Å²) >= 11 is 0. The smallest absolute Gasteiger partial charge is 0.404 e. The van der Waals surface area contributed by atoms with Crippen molar-refractivity contribution in [3.8, 4) is 11.3 Å². The largest absolute Gasteiger partial charge is 0.461 e. The monoisotopic (exact) mass is 269 g/mol. The maximum Gasteiger partial charge on any atom is 0.404 e. The van der Waals surface area contributed by atoms with Gasteiger partial charge in [0.2, 0.25) is 0 Å². The summed E-state index contributed by atoms with van der Waals surface area (Å²) in [6.07, 6.45) is -4.76. The molecule has 1 atom stereocenters. The first-order chi connectivity index (χ1) is 8.86. The van der Waals surface area contributed by atoms with Crippen LogP contribution in [0.25, 0.3) is 11.3 Å². The van der Waals surface area contributed by atoms with Crippen LogP contribution in [-0.2, 0) is 6.42 Å². The molecule has 1 heterocycles. The Hall–Kier alpha value is -1.75. The fraction of sp³-hybridized carbons (Fsp3) is 0.286. The molecule has 0 amide bonds. The van der Waals surface area contributed by atoms with Crippen LogP contribution < -0.4 is 5.73 Å². The highest BCUT2D eigenvalue weighted by Gasteiger charge is 2.37. The van der Waals surface area contributed by atoms with E-state index in [0.29, 0.717) is 5.76 Å². The number of hydrogen-bond donors (Lipinski definition) is 1. The van der Waals surface area contributed by atoms with Gasteiger partial charge in [-0.1, -0.05) is 29.8 Å². The Balaban J connectivity index is 2.13. The molecule has 0 spiro atoms. The fourth-order valence-corrected chi connectivity index (χ4v) is 1.69. The van der Waals surface area contributed by atoms with Crippen molar-refractivity contribution in [2.24, 2.45) is 5.73 Å². The van der Waals surface area contributed by atoms with Crippen molar-refractivity contribution in [3.05, 3.63) is 47.7 Å². The Morgan fingerprint density at radius 3 is 2.32 bits per heavy atom. The van der Waals surface area contributed by atoms with Crippen molar-refractivity contribution in [3.63, 3.8) is 0 Å². The highest BCUT2D eigenvalue weighted by atomic mass is 19.4. The average Bonchev–Trinajstić information content (AvgIpc) is 2.77. The minimum atomic E-state index is -4.41. The molecule has 2 N–H and O–H groups in total. The van der Waals surface area contributed by atoms with Gasteiger partial charge in [0.25, 0.3) is 0 Å². The van der Waals surface area contributed by atoms with Gasteiger partial charge in [0.15, 0.2) is 0 Å². The van der Waals surface area contributed by atoms with Crippen molar-refractivity contribution in [2.75, 3.05) is 0 Å². The van der Waals surface area contributed by atoms with Gasteiger partial charge in [0, 0.05) is 12.0 Å². The van der Waals surface area contributed by atoms with Gasteiger partial charge in [-0.3, -0.25) is 0 Å². The average molecular weight is 269 g/mol. The fourth-order valence-electron chi connectivity index (χ4n) is 1.69. The molecule has 0 saturated carbocycles. The number of benzene rings is 1. The van der Waals surface area contributed by atoms with Gasteiger partial charge in [0.05, 0.1) is 0 Å². The van der Waals surface area contributed by atoms with E-state index < -0.39 is 12.2 Å². The van der Waals surface area contributed by atoms with E-state index in [2.05, 4.69) is 0 Å². The summed E-state index contributed by atoms with van der Waals surface area (Å²) in [6.45, 7) is 1.96. The van der Waals surface area contributed by atoms with Crippen LogP contribution in [0.5, 0.6) is 0 Å². The molecular weight excluding hydrogens is 255 g/mol. The molecule has 2 nitrogen and oxygen atoms in total. The number of hydrogen-bond acceptors (Lipinski definition) is 2. The number of furan rings is 1. The van der Waals surface area contributed by atoms with Gasteiger partial charge in [-0.15, -0.1) is 0 Å². The number of halogens is 3. The second kappa shape index (κ2) is 5.09. The van der Waals surface area contributed by atoms with Crippen LogP contribution in [0.4, 0.5) is 13.2 Å². The summed E-state index contributed by atoms with van der Waals surface area (Å²) in [5.41, 5.74) is 7.00. The zero-order valence-electron chi connectivity index (χ0n) is 10.4. The first kappa shape index (κ1) is 13.7. The highest BCUT2D eigenvalue weighted by Crippen LogP contribution is 2.26. The molecule has 0 aliphatic heterocycles. The summed E-state index contributed by atoms with van der Waals surface area (Å²) in [5.74, 6) is 0.782. The van der Waals surface area contributed by atoms with Crippen LogP contribution in [0.3, 0.4) is 0 Å². The van der Waals surface area contributed by atoms with Gasteiger partial charge in [-0.25, -0.2) is 0 Å². The summed E-state index contributed by atoms with van der Waals surface area (Å²) in [4.78, 5) is 0. The van der Waals surface area contributed by atoms with Gasteiger partial charge >= 0.3 is 6.18 Å². The van der Waals surface area contributed by atoms with Crippen molar-refractivity contribution >= 4 is 0 Å². The van der Waals surface area contributed by atoms with Crippen LogP contribution in [0.15, 0.2) is 40.8 Å². The standard InChI is InChI=1S/C14H14F3NO/c1-9-2-4-10(5-3-9)12-7-6-11(19-12)8-13(18)14(15,16)17/h2-7,13H,8,18H2,1H3. The molecule has 5 heteroatoms. The van der Waals surface area contributed by atoms with E-state index in [-0.39, 0.29) is 12.2 Å². The molecule has 1 aromatic heterocycles. The molecule has 0 saturated heterocycles. The Bertz CT molecular complexity index is 543. The second-order valence-electron chi connectivity index (χ2n) is 4.48. The quantitative estimate of drug-likeness (QED) is 0.923. The molecule has 19 heavy (non-hydrogen) atoms. The normalized spacial score (nSPS) is 13.5. The zero-order chi connectivity index (χ0) is 14.0. The SMILES string of the molecule is Cc1ccc(-c2ccc(CC(N)C(F)(F)F)o2)cc1. The predicted octanol–water partition coefficient (Wildman–Crippen LogP) is 3.69. The molecule has 0 radical (unpaired) electrons.